The summed E-state index contributed by atoms with van der Waals surface area (Å²) in [4.78, 5) is 0. The molecular weight excluding hydrogens is 250 g/mol. The highest BCUT2D eigenvalue weighted by molar-refractivity contribution is 5.84. The molecule has 3 nitrogen and oxygen atoms in total. The number of aryl methyl sites for hydroxylation is 1. The fourth-order valence-electron chi connectivity index (χ4n) is 2.24. The number of hydrogen-bond donors (Lipinski definition) is 1. The molecule has 0 spiro atoms. The van der Waals surface area contributed by atoms with Crippen molar-refractivity contribution in [2.45, 2.75) is 33.4 Å². The average molecular weight is 269 g/mol. The molecule has 3 heteroatoms. The van der Waals surface area contributed by atoms with Crippen LogP contribution in [0.15, 0.2) is 45.2 Å². The van der Waals surface area contributed by atoms with E-state index < -0.39 is 0 Å². The fraction of sp³-hybridized carbons (Fsp3) is 0.294. The molecule has 3 rings (SSSR count). The average Bonchev–Trinajstić information content (AvgIpc) is 3.03. The van der Waals surface area contributed by atoms with Gasteiger partial charge in [-0.3, -0.25) is 0 Å². The van der Waals surface area contributed by atoms with Crippen LogP contribution in [0.3, 0.4) is 0 Å². The molecule has 0 aliphatic heterocycles. The molecule has 0 radical (unpaired) electrons. The Morgan fingerprint density at radius 3 is 2.65 bits per heavy atom. The molecule has 0 aliphatic rings. The molecule has 0 fully saturated rings. The molecule has 0 saturated heterocycles. The number of furan rings is 2. The van der Waals surface area contributed by atoms with Gasteiger partial charge in [0.25, 0.3) is 0 Å². The van der Waals surface area contributed by atoms with Crippen molar-refractivity contribution in [3.05, 3.63) is 47.7 Å². The zero-order valence-electron chi connectivity index (χ0n) is 12.1. The third-order valence-corrected chi connectivity index (χ3v) is 3.33. The summed E-state index contributed by atoms with van der Waals surface area (Å²) in [5.74, 6) is 2.48. The van der Waals surface area contributed by atoms with E-state index in [1.165, 1.54) is 0 Å². The Bertz CT molecular complexity index is 722. The Kier molecular flexibility index (Phi) is 3.36. The molecule has 1 aromatic carbocycles. The van der Waals surface area contributed by atoms with E-state index >= 15 is 0 Å². The highest BCUT2D eigenvalue weighted by Gasteiger charge is 2.11. The van der Waals surface area contributed by atoms with Crippen molar-refractivity contribution in [3.63, 3.8) is 0 Å². The first-order valence-electron chi connectivity index (χ1n) is 6.95. The summed E-state index contributed by atoms with van der Waals surface area (Å²) in [5, 5.41) is 4.45. The van der Waals surface area contributed by atoms with Crippen molar-refractivity contribution in [1.29, 1.82) is 0 Å². The Hall–Kier alpha value is -2.00. The Balaban J connectivity index is 1.89. The van der Waals surface area contributed by atoms with E-state index in [1.54, 1.807) is 0 Å². The van der Waals surface area contributed by atoms with Crippen molar-refractivity contribution in [1.82, 2.24) is 5.32 Å². The summed E-state index contributed by atoms with van der Waals surface area (Å²) in [6.07, 6.45) is 0. The van der Waals surface area contributed by atoms with Crippen LogP contribution in [0.25, 0.3) is 22.5 Å². The van der Waals surface area contributed by atoms with Gasteiger partial charge < -0.3 is 14.2 Å². The molecule has 20 heavy (non-hydrogen) atoms. The Morgan fingerprint density at radius 1 is 1.05 bits per heavy atom. The number of hydrogen-bond acceptors (Lipinski definition) is 3. The Morgan fingerprint density at radius 2 is 1.90 bits per heavy atom. The molecule has 0 bridgehead atoms. The number of para-hydroxylation sites is 1. The SMILES string of the molecule is Cc1cccc2cc(-c3ccc(CNC(C)C)o3)oc12. The van der Waals surface area contributed by atoms with Crippen molar-refractivity contribution >= 4 is 11.0 Å². The highest BCUT2D eigenvalue weighted by Crippen LogP contribution is 2.30. The molecule has 0 saturated carbocycles. The first-order valence-corrected chi connectivity index (χ1v) is 6.95. The van der Waals surface area contributed by atoms with Gasteiger partial charge in [0.1, 0.15) is 11.3 Å². The summed E-state index contributed by atoms with van der Waals surface area (Å²) in [6.45, 7) is 7.02. The summed E-state index contributed by atoms with van der Waals surface area (Å²) in [5.41, 5.74) is 2.07. The molecule has 0 amide bonds. The van der Waals surface area contributed by atoms with Crippen LogP contribution in [0.2, 0.25) is 0 Å². The van der Waals surface area contributed by atoms with Crippen LogP contribution < -0.4 is 5.32 Å². The molecule has 0 aliphatic carbocycles. The van der Waals surface area contributed by atoms with E-state index in [0.717, 1.165) is 40.4 Å². The van der Waals surface area contributed by atoms with Crippen LogP contribution >= 0.6 is 0 Å². The second-order valence-electron chi connectivity index (χ2n) is 5.41. The van der Waals surface area contributed by atoms with E-state index in [2.05, 4.69) is 38.2 Å². The molecule has 2 aromatic heterocycles. The first-order chi connectivity index (χ1) is 9.63. The molecule has 2 heterocycles. The Labute approximate surface area is 118 Å². The zero-order valence-corrected chi connectivity index (χ0v) is 12.1. The van der Waals surface area contributed by atoms with Crippen LogP contribution in [0.4, 0.5) is 0 Å². The number of fused-ring (bicyclic) bond motifs is 1. The number of rotatable bonds is 4. The predicted molar refractivity (Wildman–Crippen MR) is 80.6 cm³/mol. The van der Waals surface area contributed by atoms with Gasteiger partial charge in [0.05, 0.1) is 6.54 Å². The lowest BCUT2D eigenvalue weighted by Gasteiger charge is -2.04. The van der Waals surface area contributed by atoms with E-state index in [9.17, 15) is 0 Å². The van der Waals surface area contributed by atoms with Crippen molar-refractivity contribution in [2.75, 3.05) is 0 Å². The summed E-state index contributed by atoms with van der Waals surface area (Å²) in [7, 11) is 0. The summed E-state index contributed by atoms with van der Waals surface area (Å²) in [6, 6.07) is 12.6. The van der Waals surface area contributed by atoms with Crippen LogP contribution in [0.5, 0.6) is 0 Å². The lowest BCUT2D eigenvalue weighted by molar-refractivity contribution is 0.463. The standard InChI is InChI=1S/C17H19NO2/c1-11(2)18-10-14-7-8-15(19-14)16-9-13-6-4-5-12(3)17(13)20-16/h4-9,11,18H,10H2,1-3H3. The van der Waals surface area contributed by atoms with Gasteiger partial charge in [0, 0.05) is 11.4 Å². The van der Waals surface area contributed by atoms with Crippen LogP contribution in [-0.4, -0.2) is 6.04 Å². The number of benzene rings is 1. The second-order valence-corrected chi connectivity index (χ2v) is 5.41. The van der Waals surface area contributed by atoms with E-state index in [-0.39, 0.29) is 0 Å². The van der Waals surface area contributed by atoms with Gasteiger partial charge in [0.15, 0.2) is 11.5 Å². The maximum Gasteiger partial charge on any atom is 0.170 e. The molecule has 3 aromatic rings. The van der Waals surface area contributed by atoms with Gasteiger partial charge in [-0.05, 0) is 30.7 Å². The molecular formula is C17H19NO2. The third-order valence-electron chi connectivity index (χ3n) is 3.33. The largest absolute Gasteiger partial charge is 0.456 e. The maximum atomic E-state index is 5.91. The highest BCUT2D eigenvalue weighted by atomic mass is 16.4. The lowest BCUT2D eigenvalue weighted by Crippen LogP contribution is -2.21. The molecule has 0 unspecified atom stereocenters. The van der Waals surface area contributed by atoms with E-state index in [0.29, 0.717) is 6.04 Å². The lowest BCUT2D eigenvalue weighted by atomic mass is 10.2. The normalized spacial score (nSPS) is 11.6. The quantitative estimate of drug-likeness (QED) is 0.758. The minimum Gasteiger partial charge on any atom is -0.456 e. The van der Waals surface area contributed by atoms with Gasteiger partial charge in [-0.2, -0.15) is 0 Å². The fourth-order valence-corrected chi connectivity index (χ4v) is 2.24. The topological polar surface area (TPSA) is 38.3 Å². The van der Waals surface area contributed by atoms with Crippen molar-refractivity contribution in [2.24, 2.45) is 0 Å². The van der Waals surface area contributed by atoms with Gasteiger partial charge in [-0.1, -0.05) is 32.0 Å². The number of nitrogens with one attached hydrogen (secondary N) is 1. The van der Waals surface area contributed by atoms with Gasteiger partial charge in [-0.25, -0.2) is 0 Å². The van der Waals surface area contributed by atoms with Gasteiger partial charge in [0.2, 0.25) is 0 Å². The second kappa shape index (κ2) is 5.17. The molecule has 0 atom stereocenters. The minimum atomic E-state index is 0.442. The molecule has 1 N–H and O–H groups in total. The summed E-state index contributed by atoms with van der Waals surface area (Å²) < 4.78 is 11.7. The summed E-state index contributed by atoms with van der Waals surface area (Å²) >= 11 is 0. The first kappa shape index (κ1) is 13.0. The van der Waals surface area contributed by atoms with Crippen molar-refractivity contribution in [3.8, 4) is 11.5 Å². The maximum absolute atomic E-state index is 5.91. The minimum absolute atomic E-state index is 0.442. The van der Waals surface area contributed by atoms with Crippen LogP contribution in [0.1, 0.15) is 25.2 Å². The van der Waals surface area contributed by atoms with Crippen LogP contribution in [-0.2, 0) is 6.54 Å². The van der Waals surface area contributed by atoms with Gasteiger partial charge >= 0.3 is 0 Å². The smallest absolute Gasteiger partial charge is 0.170 e. The zero-order chi connectivity index (χ0) is 14.1. The van der Waals surface area contributed by atoms with Crippen molar-refractivity contribution < 1.29 is 8.83 Å². The van der Waals surface area contributed by atoms with Crippen LogP contribution in [0, 0.1) is 6.92 Å². The third kappa shape index (κ3) is 2.49. The monoisotopic (exact) mass is 269 g/mol. The molecule has 104 valence electrons. The predicted octanol–water partition coefficient (Wildman–Crippen LogP) is 4.50. The van der Waals surface area contributed by atoms with E-state index in [1.807, 2.05) is 24.3 Å². The van der Waals surface area contributed by atoms with E-state index in [4.69, 9.17) is 8.83 Å². The van der Waals surface area contributed by atoms with Gasteiger partial charge in [-0.15, -0.1) is 0 Å².